The Hall–Kier alpha value is -4.21. The molecule has 4 aromatic rings. The van der Waals surface area contributed by atoms with Crippen LogP contribution < -0.4 is 10.6 Å². The summed E-state index contributed by atoms with van der Waals surface area (Å²) < 4.78 is 75.4. The van der Waals surface area contributed by atoms with Gasteiger partial charge in [-0.3, -0.25) is 4.79 Å². The van der Waals surface area contributed by atoms with Gasteiger partial charge in [0.15, 0.2) is 18.1 Å². The van der Waals surface area contributed by atoms with Crippen molar-refractivity contribution in [2.45, 2.75) is 51.5 Å². The van der Waals surface area contributed by atoms with Crippen LogP contribution >= 0.6 is 0 Å². The van der Waals surface area contributed by atoms with Crippen LogP contribution in [0.15, 0.2) is 71.1 Å². The van der Waals surface area contributed by atoms with Crippen molar-refractivity contribution in [3.8, 4) is 22.8 Å². The molecule has 1 aromatic heterocycles. The van der Waals surface area contributed by atoms with Crippen LogP contribution in [-0.4, -0.2) is 24.6 Å². The van der Waals surface area contributed by atoms with Crippen LogP contribution in [0.5, 0.6) is 0 Å². The lowest BCUT2D eigenvalue weighted by Gasteiger charge is -2.19. The molecule has 3 aromatic carbocycles. The Morgan fingerprint density at radius 2 is 1.43 bits per heavy atom. The average Bonchev–Trinajstić information content (AvgIpc) is 3.40. The van der Waals surface area contributed by atoms with Crippen molar-refractivity contribution in [2.75, 3.05) is 19.0 Å². The number of alkyl halides is 5. The standard InChI is InChI=1S/C32H32F5N3O2/c1-30(2,3)22-10-6-21(7-11-22)29-40-26(27(42-29)20-8-12-25(38-5)13-9-20)28(41)39-17-19-14-23(31(4,34)35)16-24(15-19)32(36,37)18-33/h6-16,38H,17-18H2,1-5H3,(H,39,41). The summed E-state index contributed by atoms with van der Waals surface area (Å²) in [6.45, 7) is 4.37. The molecule has 42 heavy (non-hydrogen) atoms. The topological polar surface area (TPSA) is 67.2 Å². The fourth-order valence-electron chi connectivity index (χ4n) is 4.30. The molecule has 0 saturated heterocycles. The Morgan fingerprint density at radius 3 is 1.98 bits per heavy atom. The molecule has 0 unspecified atom stereocenters. The number of aromatic nitrogens is 1. The maximum atomic E-state index is 14.1. The van der Waals surface area contributed by atoms with Crippen molar-refractivity contribution in [2.24, 2.45) is 0 Å². The van der Waals surface area contributed by atoms with E-state index in [1.807, 2.05) is 24.3 Å². The Balaban J connectivity index is 1.69. The molecule has 2 N–H and O–H groups in total. The molecule has 0 aliphatic rings. The van der Waals surface area contributed by atoms with E-state index in [1.165, 1.54) is 0 Å². The van der Waals surface area contributed by atoms with E-state index in [0.29, 0.717) is 24.1 Å². The van der Waals surface area contributed by atoms with Gasteiger partial charge in [-0.1, -0.05) is 32.9 Å². The number of oxazole rings is 1. The van der Waals surface area contributed by atoms with E-state index in [-0.39, 0.29) is 28.3 Å². The van der Waals surface area contributed by atoms with E-state index in [4.69, 9.17) is 4.42 Å². The normalized spacial score (nSPS) is 12.3. The molecular formula is C32H32F5N3O2. The summed E-state index contributed by atoms with van der Waals surface area (Å²) in [5.74, 6) is -7.78. The van der Waals surface area contributed by atoms with E-state index >= 15 is 0 Å². The number of hydrogen-bond acceptors (Lipinski definition) is 4. The van der Waals surface area contributed by atoms with Gasteiger partial charge in [0.1, 0.15) is 0 Å². The third-order valence-corrected chi connectivity index (χ3v) is 6.82. The quantitative estimate of drug-likeness (QED) is 0.194. The molecule has 0 atom stereocenters. The number of nitrogens with one attached hydrogen (secondary N) is 2. The van der Waals surface area contributed by atoms with Crippen LogP contribution in [0, 0.1) is 0 Å². The highest BCUT2D eigenvalue weighted by molar-refractivity contribution is 5.98. The van der Waals surface area contributed by atoms with Gasteiger partial charge >= 0.3 is 5.92 Å². The fraction of sp³-hybridized carbons (Fsp3) is 0.312. The van der Waals surface area contributed by atoms with Crippen LogP contribution in [0.4, 0.5) is 27.6 Å². The molecule has 1 heterocycles. The smallest absolute Gasteiger partial charge is 0.301 e. The molecule has 5 nitrogen and oxygen atoms in total. The molecule has 1 amide bonds. The molecule has 0 bridgehead atoms. The van der Waals surface area contributed by atoms with Crippen molar-refractivity contribution in [3.05, 3.63) is 94.7 Å². The number of carbonyl (C=O) groups excluding carboxylic acids is 1. The van der Waals surface area contributed by atoms with E-state index in [9.17, 15) is 26.7 Å². The minimum absolute atomic E-state index is 0.0492. The second-order valence-electron chi connectivity index (χ2n) is 11.2. The van der Waals surface area contributed by atoms with Gasteiger partial charge < -0.3 is 15.1 Å². The molecule has 0 saturated carbocycles. The summed E-state index contributed by atoms with van der Waals surface area (Å²) in [5, 5.41) is 5.57. The summed E-state index contributed by atoms with van der Waals surface area (Å²) in [6.07, 6.45) is 0. The van der Waals surface area contributed by atoms with Gasteiger partial charge in [-0.2, -0.15) is 8.78 Å². The number of nitrogens with zero attached hydrogens (tertiary/aromatic N) is 1. The molecule has 4 rings (SSSR count). The summed E-state index contributed by atoms with van der Waals surface area (Å²) in [5.41, 5.74) is 1.29. The van der Waals surface area contributed by atoms with E-state index in [0.717, 1.165) is 23.4 Å². The molecule has 0 radical (unpaired) electrons. The lowest BCUT2D eigenvalue weighted by Crippen LogP contribution is -2.25. The lowest BCUT2D eigenvalue weighted by molar-refractivity contribution is -0.0291. The molecule has 0 aliphatic heterocycles. The van der Waals surface area contributed by atoms with E-state index in [2.05, 4.69) is 36.4 Å². The van der Waals surface area contributed by atoms with Crippen LogP contribution in [-0.2, 0) is 23.8 Å². The summed E-state index contributed by atoms with van der Waals surface area (Å²) in [4.78, 5) is 17.8. The zero-order valence-electron chi connectivity index (χ0n) is 23.9. The maximum Gasteiger partial charge on any atom is 0.301 e. The first-order chi connectivity index (χ1) is 19.6. The molecule has 0 aliphatic carbocycles. The van der Waals surface area contributed by atoms with E-state index in [1.54, 1.807) is 31.3 Å². The maximum absolute atomic E-state index is 14.1. The van der Waals surface area contributed by atoms with Gasteiger partial charge in [0.2, 0.25) is 5.89 Å². The van der Waals surface area contributed by atoms with Crippen molar-refractivity contribution in [1.82, 2.24) is 10.3 Å². The Morgan fingerprint density at radius 1 is 0.833 bits per heavy atom. The minimum Gasteiger partial charge on any atom is -0.435 e. The van der Waals surface area contributed by atoms with Crippen molar-refractivity contribution < 1.29 is 31.2 Å². The first kappa shape index (κ1) is 30.7. The van der Waals surface area contributed by atoms with Crippen LogP contribution in [0.1, 0.15) is 60.4 Å². The second-order valence-corrected chi connectivity index (χ2v) is 11.2. The monoisotopic (exact) mass is 585 g/mol. The van der Waals surface area contributed by atoms with Crippen molar-refractivity contribution in [1.29, 1.82) is 0 Å². The van der Waals surface area contributed by atoms with Gasteiger partial charge in [0.05, 0.1) is 0 Å². The van der Waals surface area contributed by atoms with Gasteiger partial charge in [0.25, 0.3) is 11.8 Å². The predicted octanol–water partition coefficient (Wildman–Crippen LogP) is 8.45. The van der Waals surface area contributed by atoms with Crippen molar-refractivity contribution in [3.63, 3.8) is 0 Å². The highest BCUT2D eigenvalue weighted by Crippen LogP contribution is 2.36. The SMILES string of the molecule is CNc1ccc(-c2oc(-c3ccc(C(C)(C)C)cc3)nc2C(=O)NCc2cc(C(C)(F)F)cc(C(F)(F)CF)c2)cc1. The van der Waals surface area contributed by atoms with Crippen molar-refractivity contribution >= 4 is 11.6 Å². The second kappa shape index (κ2) is 11.6. The zero-order chi connectivity index (χ0) is 30.9. The summed E-state index contributed by atoms with van der Waals surface area (Å²) >= 11 is 0. The largest absolute Gasteiger partial charge is 0.435 e. The van der Waals surface area contributed by atoms with Crippen LogP contribution in [0.25, 0.3) is 22.8 Å². The Kier molecular flexibility index (Phi) is 8.48. The Labute approximate surface area is 241 Å². The Bertz CT molecular complexity index is 1550. The lowest BCUT2D eigenvalue weighted by atomic mass is 9.87. The number of halogens is 5. The number of rotatable bonds is 9. The zero-order valence-corrected chi connectivity index (χ0v) is 23.9. The van der Waals surface area contributed by atoms with Gasteiger partial charge in [-0.15, -0.1) is 0 Å². The average molecular weight is 586 g/mol. The van der Waals surface area contributed by atoms with Crippen LogP contribution in [0.2, 0.25) is 0 Å². The fourth-order valence-corrected chi connectivity index (χ4v) is 4.30. The van der Waals surface area contributed by atoms with Gasteiger partial charge in [-0.25, -0.2) is 18.2 Å². The first-order valence-electron chi connectivity index (χ1n) is 13.3. The van der Waals surface area contributed by atoms with Crippen LogP contribution in [0.3, 0.4) is 0 Å². The molecule has 10 heteroatoms. The highest BCUT2D eigenvalue weighted by Gasteiger charge is 2.35. The number of amides is 1. The minimum atomic E-state index is -3.96. The highest BCUT2D eigenvalue weighted by atomic mass is 19.3. The summed E-state index contributed by atoms with van der Waals surface area (Å²) in [6, 6.07) is 17.1. The third kappa shape index (κ3) is 6.80. The summed E-state index contributed by atoms with van der Waals surface area (Å²) in [7, 11) is 1.76. The first-order valence-corrected chi connectivity index (χ1v) is 13.3. The van der Waals surface area contributed by atoms with Gasteiger partial charge in [-0.05, 0) is 71.1 Å². The predicted molar refractivity (Wildman–Crippen MR) is 153 cm³/mol. The molecular weight excluding hydrogens is 553 g/mol. The number of anilines is 1. The molecule has 0 spiro atoms. The molecule has 222 valence electrons. The number of carbonyl (C=O) groups is 1. The van der Waals surface area contributed by atoms with E-state index < -0.39 is 42.1 Å². The van der Waals surface area contributed by atoms with Gasteiger partial charge in [0, 0.05) is 48.5 Å². The third-order valence-electron chi connectivity index (χ3n) is 6.82. The number of benzene rings is 3. The number of hydrogen-bond donors (Lipinski definition) is 2. The molecule has 0 fully saturated rings.